The highest BCUT2D eigenvalue weighted by Gasteiger charge is 2.19. The van der Waals surface area contributed by atoms with Crippen molar-refractivity contribution in [3.05, 3.63) is 97.0 Å². The number of nitrogens with one attached hydrogen (secondary N) is 2. The summed E-state index contributed by atoms with van der Waals surface area (Å²) in [6.07, 6.45) is 6.55. The second-order valence-corrected chi connectivity index (χ2v) is 11.7. The van der Waals surface area contributed by atoms with E-state index in [1.165, 1.54) is 37.7 Å². The van der Waals surface area contributed by atoms with Crippen molar-refractivity contribution in [1.29, 1.82) is 0 Å². The van der Waals surface area contributed by atoms with E-state index >= 15 is 0 Å². The minimum Gasteiger partial charge on any atom is -0.481 e. The molecule has 2 amide bonds. The number of hydrogen-bond acceptors (Lipinski definition) is 7. The number of aromatic nitrogens is 2. The van der Waals surface area contributed by atoms with Gasteiger partial charge in [0.15, 0.2) is 0 Å². The summed E-state index contributed by atoms with van der Waals surface area (Å²) in [4.78, 5) is 29.0. The highest BCUT2D eigenvalue weighted by molar-refractivity contribution is 7.90. The molecule has 0 fully saturated rings. The lowest BCUT2D eigenvalue weighted by molar-refractivity contribution is -0.111. The van der Waals surface area contributed by atoms with E-state index < -0.39 is 27.6 Å². The van der Waals surface area contributed by atoms with Crippen LogP contribution in [0.15, 0.2) is 96.3 Å². The second kappa shape index (κ2) is 12.1. The molecule has 0 aliphatic rings. The first kappa shape index (κ1) is 29.1. The Hall–Kier alpha value is -4.90. The van der Waals surface area contributed by atoms with Crippen LogP contribution in [0.2, 0.25) is 0 Å². The zero-order valence-electron chi connectivity index (χ0n) is 23.0. The molecule has 2 aromatic carbocycles. The normalized spacial score (nSPS) is 11.7. The van der Waals surface area contributed by atoms with Crippen LogP contribution in [0.4, 0.5) is 16.2 Å². The molecule has 4 rings (SSSR count). The molecule has 41 heavy (non-hydrogen) atoms. The molecule has 4 aromatic rings. The average molecular weight is 575 g/mol. The van der Waals surface area contributed by atoms with Crippen LogP contribution in [0.5, 0.6) is 5.88 Å². The van der Waals surface area contributed by atoms with Crippen LogP contribution in [0.25, 0.3) is 17.2 Å². The van der Waals surface area contributed by atoms with Crippen LogP contribution in [-0.4, -0.2) is 42.1 Å². The summed E-state index contributed by atoms with van der Waals surface area (Å²) in [5.74, 6) is -0.0133. The molecule has 0 unspecified atom stereocenters. The van der Waals surface area contributed by atoms with Gasteiger partial charge in [0, 0.05) is 36.3 Å². The van der Waals surface area contributed by atoms with Gasteiger partial charge in [-0.25, -0.2) is 22.2 Å². The number of pyridine rings is 1. The van der Waals surface area contributed by atoms with Crippen molar-refractivity contribution < 1.29 is 27.5 Å². The number of para-hydroxylation sites is 2. The number of methoxy groups -OCH3 is 1. The molecule has 10 nitrogen and oxygen atoms in total. The summed E-state index contributed by atoms with van der Waals surface area (Å²) < 4.78 is 38.0. The van der Waals surface area contributed by atoms with Gasteiger partial charge in [-0.1, -0.05) is 24.3 Å². The summed E-state index contributed by atoms with van der Waals surface area (Å²) in [6.45, 7) is 5.25. The van der Waals surface area contributed by atoms with Gasteiger partial charge < -0.3 is 14.8 Å². The second-order valence-electron chi connectivity index (χ2n) is 9.89. The number of benzene rings is 2. The van der Waals surface area contributed by atoms with Gasteiger partial charge in [-0.3, -0.25) is 10.1 Å². The molecular formula is C30H30N4O6S. The van der Waals surface area contributed by atoms with Crippen molar-refractivity contribution in [3.63, 3.8) is 0 Å². The molecule has 0 radical (unpaired) electrons. The van der Waals surface area contributed by atoms with Crippen LogP contribution in [0, 0.1) is 0 Å². The fourth-order valence-electron chi connectivity index (χ4n) is 3.73. The first-order chi connectivity index (χ1) is 19.4. The van der Waals surface area contributed by atoms with Gasteiger partial charge in [-0.15, -0.1) is 0 Å². The first-order valence-electron chi connectivity index (χ1n) is 12.6. The van der Waals surface area contributed by atoms with E-state index in [1.807, 2.05) is 0 Å². The fraction of sp³-hybridized carbons (Fsp3) is 0.167. The van der Waals surface area contributed by atoms with Crippen LogP contribution >= 0.6 is 0 Å². The van der Waals surface area contributed by atoms with E-state index in [4.69, 9.17) is 9.47 Å². The summed E-state index contributed by atoms with van der Waals surface area (Å²) >= 11 is 0. The zero-order chi connectivity index (χ0) is 29.6. The number of amides is 2. The Morgan fingerprint density at radius 1 is 0.927 bits per heavy atom. The number of anilines is 2. The van der Waals surface area contributed by atoms with Gasteiger partial charge in [-0.05, 0) is 74.4 Å². The fourth-order valence-corrected chi connectivity index (χ4v) is 4.98. The van der Waals surface area contributed by atoms with E-state index in [-0.39, 0.29) is 4.90 Å². The number of nitrogens with zero attached hydrogens (tertiary/aromatic N) is 2. The number of hydrogen-bond donors (Lipinski definition) is 2. The first-order valence-corrected chi connectivity index (χ1v) is 14.0. The van der Waals surface area contributed by atoms with Gasteiger partial charge in [0.25, 0.3) is 10.0 Å². The SMILES string of the molecule is COc1ccc(-c2cccc(S(=O)(=O)n3ccc(C=CC(=O)Nc4ccccc4NC(=O)OC(C)(C)C)c3)c2)cn1. The predicted octanol–water partition coefficient (Wildman–Crippen LogP) is 5.79. The van der Waals surface area contributed by atoms with E-state index in [0.29, 0.717) is 28.4 Å². The highest BCUT2D eigenvalue weighted by atomic mass is 32.2. The number of carbonyl (C=O) groups is 2. The maximum Gasteiger partial charge on any atom is 0.412 e. The Bertz CT molecular complexity index is 1690. The highest BCUT2D eigenvalue weighted by Crippen LogP contribution is 2.25. The van der Waals surface area contributed by atoms with Crippen molar-refractivity contribution in [2.45, 2.75) is 31.3 Å². The predicted molar refractivity (Wildman–Crippen MR) is 157 cm³/mol. The monoisotopic (exact) mass is 574 g/mol. The Kier molecular flexibility index (Phi) is 8.58. The molecule has 2 heterocycles. The molecule has 0 saturated carbocycles. The third-order valence-corrected chi connectivity index (χ3v) is 7.26. The van der Waals surface area contributed by atoms with Crippen LogP contribution in [0.1, 0.15) is 26.3 Å². The molecule has 0 aliphatic heterocycles. The molecule has 11 heteroatoms. The minimum atomic E-state index is -3.89. The lowest BCUT2D eigenvalue weighted by Crippen LogP contribution is -2.27. The topological polar surface area (TPSA) is 129 Å². The third kappa shape index (κ3) is 7.61. The van der Waals surface area contributed by atoms with Crippen molar-refractivity contribution in [3.8, 4) is 17.0 Å². The van der Waals surface area contributed by atoms with Crippen molar-refractivity contribution >= 4 is 39.5 Å². The lowest BCUT2D eigenvalue weighted by atomic mass is 10.1. The Morgan fingerprint density at radius 2 is 1.66 bits per heavy atom. The minimum absolute atomic E-state index is 0.101. The van der Waals surface area contributed by atoms with E-state index in [0.717, 1.165) is 9.54 Å². The van der Waals surface area contributed by atoms with Crippen LogP contribution in [0.3, 0.4) is 0 Å². The van der Waals surface area contributed by atoms with E-state index in [2.05, 4.69) is 15.6 Å². The summed E-state index contributed by atoms with van der Waals surface area (Å²) in [7, 11) is -2.37. The van der Waals surface area contributed by atoms with E-state index in [9.17, 15) is 18.0 Å². The Labute approximate surface area is 238 Å². The number of ether oxygens (including phenoxy) is 2. The van der Waals surface area contributed by atoms with Gasteiger partial charge in [-0.2, -0.15) is 0 Å². The smallest absolute Gasteiger partial charge is 0.412 e. The molecule has 2 aromatic heterocycles. The summed E-state index contributed by atoms with van der Waals surface area (Å²) in [5.41, 5.74) is 2.00. The van der Waals surface area contributed by atoms with Gasteiger partial charge >= 0.3 is 6.09 Å². The molecule has 0 atom stereocenters. The molecule has 212 valence electrons. The van der Waals surface area contributed by atoms with Crippen molar-refractivity contribution in [2.75, 3.05) is 17.7 Å². The average Bonchev–Trinajstić information content (AvgIpc) is 3.42. The quantitative estimate of drug-likeness (QED) is 0.255. The maximum atomic E-state index is 13.3. The molecule has 0 bridgehead atoms. The standard InChI is InChI=1S/C30H30N4O6S/c1-30(2,3)40-29(36)33-26-11-6-5-10-25(26)32-27(35)14-12-21-16-17-34(20-21)41(37,38)24-9-7-8-22(18-24)23-13-15-28(39-4)31-19-23/h5-20H,1-4H3,(H,32,35)(H,33,36). The molecule has 0 aliphatic carbocycles. The Balaban J connectivity index is 1.45. The van der Waals surface area contributed by atoms with Crippen molar-refractivity contribution in [2.24, 2.45) is 0 Å². The molecule has 2 N–H and O–H groups in total. The Morgan fingerprint density at radius 3 is 2.32 bits per heavy atom. The lowest BCUT2D eigenvalue weighted by Gasteiger charge is -2.20. The van der Waals surface area contributed by atoms with Crippen LogP contribution < -0.4 is 15.4 Å². The maximum absolute atomic E-state index is 13.3. The molecule has 0 saturated heterocycles. The van der Waals surface area contributed by atoms with E-state index in [1.54, 1.807) is 87.6 Å². The number of carbonyl (C=O) groups excluding carboxylic acids is 2. The van der Waals surface area contributed by atoms with Gasteiger partial charge in [0.05, 0.1) is 23.4 Å². The number of rotatable bonds is 8. The summed E-state index contributed by atoms with van der Waals surface area (Å²) in [5, 5.41) is 5.33. The van der Waals surface area contributed by atoms with Crippen molar-refractivity contribution in [1.82, 2.24) is 8.96 Å². The largest absolute Gasteiger partial charge is 0.481 e. The van der Waals surface area contributed by atoms with Gasteiger partial charge in [0.2, 0.25) is 11.8 Å². The van der Waals surface area contributed by atoms with Crippen LogP contribution in [-0.2, 0) is 19.6 Å². The molecule has 0 spiro atoms. The molecular weight excluding hydrogens is 544 g/mol. The van der Waals surface area contributed by atoms with Gasteiger partial charge in [0.1, 0.15) is 5.60 Å². The zero-order valence-corrected chi connectivity index (χ0v) is 23.8. The third-order valence-electron chi connectivity index (χ3n) is 5.63. The summed E-state index contributed by atoms with van der Waals surface area (Å²) in [6, 6.07) is 18.3.